The molecular formula is C27H26N2O2. The smallest absolute Gasteiger partial charge is 0.340 e. The molecule has 0 saturated carbocycles. The molecule has 156 valence electrons. The van der Waals surface area contributed by atoms with Crippen LogP contribution in [0.4, 0.5) is 0 Å². The van der Waals surface area contributed by atoms with Crippen molar-refractivity contribution in [3.63, 3.8) is 0 Å². The summed E-state index contributed by atoms with van der Waals surface area (Å²) in [6, 6.07) is 28.3. The zero-order valence-corrected chi connectivity index (χ0v) is 17.9. The van der Waals surface area contributed by atoms with Crippen molar-refractivity contribution in [2.24, 2.45) is 0 Å². The van der Waals surface area contributed by atoms with Gasteiger partial charge in [0.15, 0.2) is 0 Å². The molecule has 0 aliphatic carbocycles. The minimum Gasteiger partial charge on any atom is -0.462 e. The van der Waals surface area contributed by atoms with Gasteiger partial charge in [0.1, 0.15) is 0 Å². The van der Waals surface area contributed by atoms with Crippen molar-refractivity contribution < 1.29 is 9.53 Å². The Labute approximate surface area is 183 Å². The van der Waals surface area contributed by atoms with Crippen LogP contribution in [0, 0.1) is 0 Å². The van der Waals surface area contributed by atoms with Gasteiger partial charge in [0.25, 0.3) is 0 Å². The summed E-state index contributed by atoms with van der Waals surface area (Å²) in [5.74, 6) is -0.331. The average Bonchev–Trinajstić information content (AvgIpc) is 2.79. The van der Waals surface area contributed by atoms with Gasteiger partial charge < -0.3 is 4.74 Å². The van der Waals surface area contributed by atoms with Crippen molar-refractivity contribution in [2.75, 3.05) is 13.7 Å². The molecule has 0 fully saturated rings. The number of fused-ring (bicyclic) bond motifs is 1. The fraction of sp³-hybridized carbons (Fsp3) is 0.185. The highest BCUT2D eigenvalue weighted by Gasteiger charge is 2.24. The van der Waals surface area contributed by atoms with E-state index < -0.39 is 0 Å². The lowest BCUT2D eigenvalue weighted by Crippen LogP contribution is -2.21. The highest BCUT2D eigenvalue weighted by molar-refractivity contribution is 6.07. The number of carbonyl (C=O) groups is 1. The molecule has 3 aromatic carbocycles. The summed E-state index contributed by atoms with van der Waals surface area (Å²) in [6.45, 7) is 3.45. The Morgan fingerprint density at radius 2 is 1.52 bits per heavy atom. The van der Waals surface area contributed by atoms with E-state index in [9.17, 15) is 4.79 Å². The van der Waals surface area contributed by atoms with Crippen LogP contribution in [0.3, 0.4) is 0 Å². The van der Waals surface area contributed by atoms with E-state index in [0.717, 1.165) is 34.3 Å². The third-order valence-corrected chi connectivity index (χ3v) is 5.22. The second-order valence-electron chi connectivity index (χ2n) is 7.57. The molecule has 0 bridgehead atoms. The van der Waals surface area contributed by atoms with Gasteiger partial charge >= 0.3 is 5.97 Å². The van der Waals surface area contributed by atoms with Gasteiger partial charge in [0, 0.05) is 24.0 Å². The molecule has 0 spiro atoms. The zero-order valence-electron chi connectivity index (χ0n) is 17.9. The van der Waals surface area contributed by atoms with Crippen LogP contribution in [0.2, 0.25) is 0 Å². The second-order valence-corrected chi connectivity index (χ2v) is 7.57. The summed E-state index contributed by atoms with van der Waals surface area (Å²) in [5.41, 5.74) is 5.23. The zero-order chi connectivity index (χ0) is 21.6. The predicted molar refractivity (Wildman–Crippen MR) is 125 cm³/mol. The summed E-state index contributed by atoms with van der Waals surface area (Å²) in [6.07, 6.45) is 0. The molecule has 4 rings (SSSR count). The fourth-order valence-electron chi connectivity index (χ4n) is 3.91. The normalized spacial score (nSPS) is 11.1. The number of rotatable bonds is 7. The SMILES string of the molecule is CCOC(=O)c1c(CN(C)Cc2ccccc2)nc2ccccc2c1-c1ccccc1. The first kappa shape index (κ1) is 20.8. The Kier molecular flexibility index (Phi) is 6.39. The summed E-state index contributed by atoms with van der Waals surface area (Å²) in [7, 11) is 2.04. The highest BCUT2D eigenvalue weighted by Crippen LogP contribution is 2.34. The Morgan fingerprint density at radius 1 is 0.871 bits per heavy atom. The van der Waals surface area contributed by atoms with E-state index in [4.69, 9.17) is 9.72 Å². The molecule has 4 heteroatoms. The number of ether oxygens (including phenoxy) is 1. The number of carbonyl (C=O) groups excluding carboxylic acids is 1. The summed E-state index contributed by atoms with van der Waals surface area (Å²) in [5, 5.41) is 0.950. The number of aromatic nitrogens is 1. The van der Waals surface area contributed by atoms with Gasteiger partial charge in [0.2, 0.25) is 0 Å². The van der Waals surface area contributed by atoms with Gasteiger partial charge in [-0.25, -0.2) is 4.79 Å². The number of esters is 1. The van der Waals surface area contributed by atoms with Gasteiger partial charge in [-0.15, -0.1) is 0 Å². The standard InChI is InChI=1S/C27H26N2O2/c1-3-31-27(30)26-24(19-29(2)18-20-12-6-4-7-13-20)28-23-17-11-10-16-22(23)25(26)21-14-8-5-9-15-21/h4-17H,3,18-19H2,1-2H3. The number of pyridine rings is 1. The first-order valence-corrected chi connectivity index (χ1v) is 10.5. The Balaban J connectivity index is 1.85. The molecule has 0 radical (unpaired) electrons. The third-order valence-electron chi connectivity index (χ3n) is 5.22. The molecule has 0 aliphatic rings. The molecule has 0 atom stereocenters. The number of para-hydroxylation sites is 1. The third kappa shape index (κ3) is 4.65. The maximum absolute atomic E-state index is 13.2. The lowest BCUT2D eigenvalue weighted by Gasteiger charge is -2.21. The average molecular weight is 411 g/mol. The highest BCUT2D eigenvalue weighted by atomic mass is 16.5. The van der Waals surface area contributed by atoms with E-state index in [1.807, 2.05) is 86.8 Å². The van der Waals surface area contributed by atoms with Crippen LogP contribution >= 0.6 is 0 Å². The summed E-state index contributed by atoms with van der Waals surface area (Å²) >= 11 is 0. The maximum Gasteiger partial charge on any atom is 0.340 e. The lowest BCUT2D eigenvalue weighted by molar-refractivity contribution is 0.0524. The van der Waals surface area contributed by atoms with E-state index in [0.29, 0.717) is 18.7 Å². The molecule has 4 nitrogen and oxygen atoms in total. The van der Waals surface area contributed by atoms with Gasteiger partial charge in [-0.05, 0) is 31.2 Å². The van der Waals surface area contributed by atoms with Crippen molar-refractivity contribution in [2.45, 2.75) is 20.0 Å². The van der Waals surface area contributed by atoms with E-state index in [1.54, 1.807) is 0 Å². The van der Waals surface area contributed by atoms with Crippen LogP contribution in [0.15, 0.2) is 84.9 Å². The summed E-state index contributed by atoms with van der Waals surface area (Å²) < 4.78 is 5.48. The maximum atomic E-state index is 13.2. The monoisotopic (exact) mass is 410 g/mol. The Morgan fingerprint density at radius 3 is 2.23 bits per heavy atom. The number of hydrogen-bond acceptors (Lipinski definition) is 4. The first-order chi connectivity index (χ1) is 15.2. The summed E-state index contributed by atoms with van der Waals surface area (Å²) in [4.78, 5) is 20.2. The van der Waals surface area contributed by atoms with Crippen LogP contribution in [0.5, 0.6) is 0 Å². The predicted octanol–water partition coefficient (Wildman–Crippen LogP) is 5.71. The van der Waals surface area contributed by atoms with Crippen molar-refractivity contribution in [3.05, 3.63) is 102 Å². The number of benzene rings is 3. The van der Waals surface area contributed by atoms with Gasteiger partial charge in [-0.3, -0.25) is 9.88 Å². The van der Waals surface area contributed by atoms with E-state index in [1.165, 1.54) is 5.56 Å². The van der Waals surface area contributed by atoms with Crippen LogP contribution in [0.25, 0.3) is 22.0 Å². The van der Waals surface area contributed by atoms with Crippen LogP contribution in [0.1, 0.15) is 28.5 Å². The largest absolute Gasteiger partial charge is 0.462 e. The quantitative estimate of drug-likeness (QED) is 0.366. The molecule has 1 heterocycles. The van der Waals surface area contributed by atoms with Crippen molar-refractivity contribution in [3.8, 4) is 11.1 Å². The molecule has 0 saturated heterocycles. The van der Waals surface area contributed by atoms with Crippen LogP contribution < -0.4 is 0 Å². The molecular weight excluding hydrogens is 384 g/mol. The molecule has 0 unspecified atom stereocenters. The van der Waals surface area contributed by atoms with Gasteiger partial charge in [-0.2, -0.15) is 0 Å². The molecule has 0 amide bonds. The van der Waals surface area contributed by atoms with Gasteiger partial charge in [-0.1, -0.05) is 78.9 Å². The number of hydrogen-bond donors (Lipinski definition) is 0. The number of nitrogens with zero attached hydrogens (tertiary/aromatic N) is 2. The topological polar surface area (TPSA) is 42.4 Å². The minimum atomic E-state index is -0.331. The van der Waals surface area contributed by atoms with Gasteiger partial charge in [0.05, 0.1) is 23.4 Å². The van der Waals surface area contributed by atoms with E-state index in [2.05, 4.69) is 17.0 Å². The van der Waals surface area contributed by atoms with Crippen LogP contribution in [-0.4, -0.2) is 29.5 Å². The molecule has 31 heavy (non-hydrogen) atoms. The van der Waals surface area contributed by atoms with E-state index in [-0.39, 0.29) is 5.97 Å². The Bertz CT molecular complexity index is 1170. The Hall–Kier alpha value is -3.50. The van der Waals surface area contributed by atoms with Crippen molar-refractivity contribution in [1.29, 1.82) is 0 Å². The first-order valence-electron chi connectivity index (χ1n) is 10.5. The molecule has 1 aromatic heterocycles. The van der Waals surface area contributed by atoms with Crippen molar-refractivity contribution >= 4 is 16.9 Å². The fourth-order valence-corrected chi connectivity index (χ4v) is 3.91. The minimum absolute atomic E-state index is 0.319. The molecule has 0 aliphatic heterocycles. The second kappa shape index (κ2) is 9.54. The van der Waals surface area contributed by atoms with Crippen LogP contribution in [-0.2, 0) is 17.8 Å². The van der Waals surface area contributed by atoms with Crippen molar-refractivity contribution in [1.82, 2.24) is 9.88 Å². The lowest BCUT2D eigenvalue weighted by atomic mass is 9.94. The molecule has 0 N–H and O–H groups in total. The van der Waals surface area contributed by atoms with E-state index >= 15 is 0 Å². The molecule has 4 aromatic rings.